The predicted molar refractivity (Wildman–Crippen MR) is 134 cm³/mol. The molecule has 2 amide bonds. The van der Waals surface area contributed by atoms with Crippen molar-refractivity contribution in [1.82, 2.24) is 5.32 Å². The summed E-state index contributed by atoms with van der Waals surface area (Å²) < 4.78 is 5.51. The largest absolute Gasteiger partial charge is 0.481 e. The van der Waals surface area contributed by atoms with Crippen molar-refractivity contribution >= 4 is 23.7 Å². The normalized spacial score (nSPS) is 12.9. The predicted octanol–water partition coefficient (Wildman–Crippen LogP) is 4.65. The van der Waals surface area contributed by atoms with Gasteiger partial charge < -0.3 is 20.1 Å². The lowest BCUT2D eigenvalue weighted by atomic mass is 9.98. The first-order chi connectivity index (χ1) is 16.7. The molecular formula is C28H28N2O5. The number of aryl methyl sites for hydroxylation is 2. The number of alkyl carbamates (subject to hydrolysis) is 1. The average molecular weight is 473 g/mol. The number of aliphatic carboxylic acids is 1. The Morgan fingerprint density at radius 1 is 0.943 bits per heavy atom. The highest BCUT2D eigenvalue weighted by atomic mass is 16.5. The van der Waals surface area contributed by atoms with Crippen LogP contribution in [0, 0.1) is 13.8 Å². The topological polar surface area (TPSA) is 95.9 Å². The molecule has 1 atom stereocenters. The van der Waals surface area contributed by atoms with Crippen molar-refractivity contribution < 1.29 is 24.2 Å². The summed E-state index contributed by atoms with van der Waals surface area (Å²) >= 11 is 0. The minimum absolute atomic E-state index is 0.0702. The summed E-state index contributed by atoms with van der Waals surface area (Å²) in [5.41, 5.74) is 6.90. The van der Waals surface area contributed by atoms with Gasteiger partial charge in [-0.25, -0.2) is 4.79 Å². The quantitative estimate of drug-likeness (QED) is 0.522. The van der Waals surface area contributed by atoms with Crippen LogP contribution in [-0.4, -0.2) is 42.8 Å². The van der Waals surface area contributed by atoms with Crippen LogP contribution in [0.4, 0.5) is 10.5 Å². The molecule has 0 aliphatic heterocycles. The Hall–Kier alpha value is -4.13. The second kappa shape index (κ2) is 10.0. The minimum atomic E-state index is -1.27. The number of benzene rings is 3. The number of carbonyl (C=O) groups excluding carboxylic acids is 2. The number of carboxylic acids is 1. The number of rotatable bonds is 7. The Morgan fingerprint density at radius 3 is 2.03 bits per heavy atom. The van der Waals surface area contributed by atoms with E-state index in [9.17, 15) is 19.5 Å². The van der Waals surface area contributed by atoms with Crippen molar-refractivity contribution in [3.63, 3.8) is 0 Å². The second-order valence-corrected chi connectivity index (χ2v) is 8.86. The second-order valence-electron chi connectivity index (χ2n) is 8.86. The third kappa shape index (κ3) is 5.19. The summed E-state index contributed by atoms with van der Waals surface area (Å²) in [6.07, 6.45) is -1.39. The first kappa shape index (κ1) is 24.0. The fourth-order valence-electron chi connectivity index (χ4n) is 4.66. The molecule has 0 fully saturated rings. The number of fused-ring (bicyclic) bond motifs is 3. The van der Waals surface area contributed by atoms with Crippen molar-refractivity contribution in [3.05, 3.63) is 89.0 Å². The standard InChI is InChI=1S/C28H28N2O5/c1-17-12-18(2)14-19(13-17)30(3)27(33)25(15-26(31)32)29-28(34)35-16-24-22-10-6-4-8-20(22)21-9-5-7-11-23(21)24/h4-14,24-25H,15-16H2,1-3H3,(H,29,34)(H,31,32). The maximum absolute atomic E-state index is 13.1. The van der Waals surface area contributed by atoms with Crippen molar-refractivity contribution in [2.24, 2.45) is 0 Å². The summed E-state index contributed by atoms with van der Waals surface area (Å²) in [4.78, 5) is 38.6. The van der Waals surface area contributed by atoms with Gasteiger partial charge in [0.25, 0.3) is 0 Å². The summed E-state index contributed by atoms with van der Waals surface area (Å²) in [5.74, 6) is -1.87. The Labute approximate surface area is 204 Å². The molecule has 0 saturated heterocycles. The third-order valence-corrected chi connectivity index (χ3v) is 6.24. The molecule has 1 aliphatic rings. The molecule has 2 N–H and O–H groups in total. The van der Waals surface area contributed by atoms with Crippen molar-refractivity contribution in [3.8, 4) is 11.1 Å². The van der Waals surface area contributed by atoms with Crippen LogP contribution < -0.4 is 10.2 Å². The first-order valence-electron chi connectivity index (χ1n) is 11.4. The zero-order chi connectivity index (χ0) is 25.1. The van der Waals surface area contributed by atoms with Crippen LogP contribution in [0.3, 0.4) is 0 Å². The number of carboxylic acid groups (broad SMARTS) is 1. The summed E-state index contributed by atoms with van der Waals surface area (Å²) in [5, 5.41) is 11.8. The molecule has 0 radical (unpaired) electrons. The van der Waals surface area contributed by atoms with E-state index in [4.69, 9.17) is 4.74 Å². The molecule has 3 aromatic rings. The van der Waals surface area contributed by atoms with Crippen LogP contribution in [0.5, 0.6) is 0 Å². The van der Waals surface area contributed by atoms with E-state index in [1.165, 1.54) is 4.90 Å². The number of carbonyl (C=O) groups is 3. The van der Waals surface area contributed by atoms with Crippen LogP contribution >= 0.6 is 0 Å². The molecule has 0 spiro atoms. The molecule has 0 heterocycles. The van der Waals surface area contributed by atoms with Crippen LogP contribution in [0.2, 0.25) is 0 Å². The van der Waals surface area contributed by atoms with Gasteiger partial charge >= 0.3 is 12.1 Å². The highest BCUT2D eigenvalue weighted by molar-refractivity contribution is 6.00. The smallest absolute Gasteiger partial charge is 0.407 e. The maximum Gasteiger partial charge on any atom is 0.407 e. The Morgan fingerprint density at radius 2 is 1.49 bits per heavy atom. The molecule has 1 unspecified atom stereocenters. The van der Waals surface area contributed by atoms with Gasteiger partial charge in [-0.3, -0.25) is 9.59 Å². The zero-order valence-electron chi connectivity index (χ0n) is 19.9. The van der Waals surface area contributed by atoms with Gasteiger partial charge in [0.2, 0.25) is 5.91 Å². The summed E-state index contributed by atoms with van der Waals surface area (Å²) in [6, 6.07) is 20.3. The molecule has 7 nitrogen and oxygen atoms in total. The number of ether oxygens (including phenoxy) is 1. The number of nitrogens with one attached hydrogen (secondary N) is 1. The van der Waals surface area contributed by atoms with E-state index in [1.54, 1.807) is 7.05 Å². The van der Waals surface area contributed by atoms with Gasteiger partial charge in [-0.05, 0) is 59.4 Å². The van der Waals surface area contributed by atoms with E-state index in [0.717, 1.165) is 33.4 Å². The fraction of sp³-hybridized carbons (Fsp3) is 0.250. The number of anilines is 1. The first-order valence-corrected chi connectivity index (χ1v) is 11.4. The van der Waals surface area contributed by atoms with Gasteiger partial charge in [0.05, 0.1) is 6.42 Å². The lowest BCUT2D eigenvalue weighted by Gasteiger charge is -2.24. The van der Waals surface area contributed by atoms with Gasteiger partial charge in [0.15, 0.2) is 0 Å². The maximum atomic E-state index is 13.1. The van der Waals surface area contributed by atoms with Crippen LogP contribution in [0.15, 0.2) is 66.7 Å². The molecule has 0 bridgehead atoms. The van der Waals surface area contributed by atoms with Crippen LogP contribution in [-0.2, 0) is 14.3 Å². The lowest BCUT2D eigenvalue weighted by molar-refractivity contribution is -0.139. The average Bonchev–Trinajstić information content (AvgIpc) is 3.14. The molecule has 4 rings (SSSR count). The van der Waals surface area contributed by atoms with Crippen LogP contribution in [0.25, 0.3) is 11.1 Å². The Kier molecular flexibility index (Phi) is 6.87. The molecule has 3 aromatic carbocycles. The monoisotopic (exact) mass is 472 g/mol. The van der Waals surface area contributed by atoms with Crippen molar-refractivity contribution in [2.45, 2.75) is 32.2 Å². The van der Waals surface area contributed by atoms with E-state index in [2.05, 4.69) is 5.32 Å². The molecule has 180 valence electrons. The number of hydrogen-bond donors (Lipinski definition) is 2. The fourth-order valence-corrected chi connectivity index (χ4v) is 4.66. The van der Waals surface area contributed by atoms with Crippen LogP contribution in [0.1, 0.15) is 34.6 Å². The number of hydrogen-bond acceptors (Lipinski definition) is 4. The van der Waals surface area contributed by atoms with E-state index < -0.39 is 30.4 Å². The number of amides is 2. The molecule has 7 heteroatoms. The van der Waals surface area contributed by atoms with Gasteiger partial charge in [-0.15, -0.1) is 0 Å². The highest BCUT2D eigenvalue weighted by Gasteiger charge is 2.31. The molecule has 0 saturated carbocycles. The van der Waals surface area contributed by atoms with Gasteiger partial charge in [-0.2, -0.15) is 0 Å². The zero-order valence-corrected chi connectivity index (χ0v) is 19.9. The molecule has 1 aliphatic carbocycles. The summed E-state index contributed by atoms with van der Waals surface area (Å²) in [7, 11) is 1.56. The van der Waals surface area contributed by atoms with Crippen molar-refractivity contribution in [2.75, 3.05) is 18.6 Å². The van der Waals surface area contributed by atoms with E-state index in [0.29, 0.717) is 5.69 Å². The van der Waals surface area contributed by atoms with Gasteiger partial charge in [-0.1, -0.05) is 54.6 Å². The van der Waals surface area contributed by atoms with Gasteiger partial charge in [0, 0.05) is 18.7 Å². The molecular weight excluding hydrogens is 444 g/mol. The lowest BCUT2D eigenvalue weighted by Crippen LogP contribution is -2.49. The minimum Gasteiger partial charge on any atom is -0.481 e. The molecule has 35 heavy (non-hydrogen) atoms. The van der Waals surface area contributed by atoms with E-state index >= 15 is 0 Å². The Bertz CT molecular complexity index is 1220. The molecule has 0 aromatic heterocycles. The highest BCUT2D eigenvalue weighted by Crippen LogP contribution is 2.44. The SMILES string of the molecule is Cc1cc(C)cc(N(C)C(=O)C(CC(=O)O)NC(=O)OCC2c3ccccc3-c3ccccc32)c1. The van der Waals surface area contributed by atoms with E-state index in [1.807, 2.05) is 80.6 Å². The summed E-state index contributed by atoms with van der Waals surface area (Å²) in [6.45, 7) is 3.90. The van der Waals surface area contributed by atoms with E-state index in [-0.39, 0.29) is 12.5 Å². The Balaban J connectivity index is 1.47. The third-order valence-electron chi connectivity index (χ3n) is 6.24. The van der Waals surface area contributed by atoms with Gasteiger partial charge in [0.1, 0.15) is 12.6 Å². The number of likely N-dealkylation sites (N-methyl/N-ethyl adjacent to an activating group) is 1. The van der Waals surface area contributed by atoms with Crippen molar-refractivity contribution in [1.29, 1.82) is 0 Å². The number of nitrogens with zero attached hydrogens (tertiary/aromatic N) is 1.